The van der Waals surface area contributed by atoms with Crippen molar-refractivity contribution in [2.75, 3.05) is 177 Å². The first-order chi connectivity index (χ1) is 34.5. The van der Waals surface area contributed by atoms with Gasteiger partial charge < -0.3 is 71.6 Å². The minimum Gasteiger partial charge on any atom is -0.379 e. The Morgan fingerprint density at radius 2 is 1.00 bits per heavy atom. The van der Waals surface area contributed by atoms with Crippen LogP contribution in [0.1, 0.15) is 78.5 Å². The molecular weight excluding hydrogens is 923 g/mol. The van der Waals surface area contributed by atoms with Crippen LogP contribution in [0.4, 0.5) is 5.69 Å². The van der Waals surface area contributed by atoms with Gasteiger partial charge in [-0.25, -0.2) is 0 Å². The van der Waals surface area contributed by atoms with E-state index in [2.05, 4.69) is 10.6 Å². The van der Waals surface area contributed by atoms with Gasteiger partial charge in [-0.1, -0.05) is 12.5 Å². The zero-order valence-electron chi connectivity index (χ0n) is 40.8. The number of nitrogens with zero attached hydrogens (tertiary/aromatic N) is 1. The highest BCUT2D eigenvalue weighted by Crippen LogP contribution is 2.32. The minimum absolute atomic E-state index is 0.0258. The number of nitrogens with one attached hydrogen (secondary N) is 2. The van der Waals surface area contributed by atoms with Crippen LogP contribution in [0.3, 0.4) is 0 Å². The number of ether oxygens (including phenoxy) is 14. The second-order valence-electron chi connectivity index (χ2n) is 16.0. The Bertz CT molecular complexity index is 1600. The second-order valence-corrected chi connectivity index (χ2v) is 16.0. The normalized spacial score (nSPS) is 17.1. The van der Waals surface area contributed by atoms with E-state index in [-0.39, 0.29) is 48.3 Å². The molecule has 5 amide bonds. The Morgan fingerprint density at radius 3 is 1.44 bits per heavy atom. The average Bonchev–Trinajstić information content (AvgIpc) is 3.62. The fourth-order valence-corrected chi connectivity index (χ4v) is 7.10. The van der Waals surface area contributed by atoms with Gasteiger partial charge in [-0.05, 0) is 50.7 Å². The van der Waals surface area contributed by atoms with E-state index in [1.54, 1.807) is 12.1 Å². The Morgan fingerprint density at radius 1 is 0.543 bits per heavy atom. The monoisotopic (exact) mass is 1000 g/mol. The molecule has 1 aromatic rings. The summed E-state index contributed by atoms with van der Waals surface area (Å²) in [4.78, 5) is 63.7. The third-order valence-electron chi connectivity index (χ3n) is 10.7. The van der Waals surface area contributed by atoms with Crippen LogP contribution in [0.25, 0.3) is 0 Å². The van der Waals surface area contributed by atoms with Gasteiger partial charge in [0, 0.05) is 26.1 Å². The number of anilines is 1. The predicted octanol–water partition coefficient (Wildman–Crippen LogP) is 2.33. The molecular formula is C48H77N3O19. The molecule has 0 spiro atoms. The van der Waals surface area contributed by atoms with Crippen LogP contribution < -0.4 is 10.6 Å². The molecule has 0 bridgehead atoms. The third-order valence-corrected chi connectivity index (χ3v) is 10.7. The largest absolute Gasteiger partial charge is 0.379 e. The highest BCUT2D eigenvalue weighted by atomic mass is 16.7. The Balaban J connectivity index is 0.779. The summed E-state index contributed by atoms with van der Waals surface area (Å²) >= 11 is 0. The van der Waals surface area contributed by atoms with Crippen molar-refractivity contribution in [1.29, 1.82) is 0 Å². The molecule has 0 radical (unpaired) electrons. The summed E-state index contributed by atoms with van der Waals surface area (Å²) in [5.41, 5.74) is 0.376. The van der Waals surface area contributed by atoms with Gasteiger partial charge in [-0.3, -0.25) is 34.2 Å². The molecule has 2 fully saturated rings. The summed E-state index contributed by atoms with van der Waals surface area (Å²) in [7, 11) is 0. The zero-order chi connectivity index (χ0) is 49.5. The van der Waals surface area contributed by atoms with E-state index in [9.17, 15) is 24.0 Å². The van der Waals surface area contributed by atoms with Crippen molar-refractivity contribution in [3.8, 4) is 0 Å². The first-order valence-electron chi connectivity index (χ1n) is 24.8. The molecule has 0 aliphatic carbocycles. The van der Waals surface area contributed by atoms with Crippen molar-refractivity contribution in [1.82, 2.24) is 10.2 Å². The summed E-state index contributed by atoms with van der Waals surface area (Å²) in [5, 5.41) is 4.91. The fourth-order valence-electron chi connectivity index (χ4n) is 7.10. The molecule has 3 heterocycles. The van der Waals surface area contributed by atoms with Crippen LogP contribution in [-0.2, 0) is 80.7 Å². The Hall–Kier alpha value is -3.59. The van der Waals surface area contributed by atoms with E-state index >= 15 is 0 Å². The lowest BCUT2D eigenvalue weighted by Crippen LogP contribution is -2.54. The van der Waals surface area contributed by atoms with E-state index in [0.717, 1.165) is 43.6 Å². The molecule has 22 nitrogen and oxygen atoms in total. The third kappa shape index (κ3) is 25.7. The van der Waals surface area contributed by atoms with Gasteiger partial charge in [0.15, 0.2) is 6.29 Å². The molecule has 22 heteroatoms. The summed E-state index contributed by atoms with van der Waals surface area (Å²) in [6.07, 6.45) is 5.57. The maximum atomic E-state index is 13.2. The van der Waals surface area contributed by atoms with Gasteiger partial charge in [-0.2, -0.15) is 0 Å². The van der Waals surface area contributed by atoms with Crippen molar-refractivity contribution in [2.45, 2.75) is 70.1 Å². The topological polar surface area (TPSA) is 242 Å². The lowest BCUT2D eigenvalue weighted by Gasteiger charge is -2.27. The molecule has 2 N–H and O–H groups in total. The van der Waals surface area contributed by atoms with E-state index in [1.165, 1.54) is 6.07 Å². The van der Waals surface area contributed by atoms with Gasteiger partial charge >= 0.3 is 0 Å². The molecule has 3 aliphatic heterocycles. The summed E-state index contributed by atoms with van der Waals surface area (Å²) in [5.74, 6) is -2.73. The summed E-state index contributed by atoms with van der Waals surface area (Å²) < 4.78 is 77.3. The van der Waals surface area contributed by atoms with Crippen molar-refractivity contribution < 1.29 is 90.3 Å². The fraction of sp³-hybridized carbons (Fsp3) is 0.771. The van der Waals surface area contributed by atoms with Crippen LogP contribution in [-0.4, -0.2) is 219 Å². The van der Waals surface area contributed by atoms with Crippen LogP contribution in [0.5, 0.6) is 0 Å². The van der Waals surface area contributed by atoms with Crippen molar-refractivity contribution in [2.24, 2.45) is 0 Å². The minimum atomic E-state index is -1.08. The van der Waals surface area contributed by atoms with Gasteiger partial charge in [0.1, 0.15) is 6.04 Å². The van der Waals surface area contributed by atoms with Crippen molar-refractivity contribution >= 4 is 35.2 Å². The quantitative estimate of drug-likeness (QED) is 0.0704. The number of fused-ring (bicyclic) bond motifs is 1. The molecule has 70 heavy (non-hydrogen) atoms. The zero-order valence-corrected chi connectivity index (χ0v) is 40.8. The molecule has 2 atom stereocenters. The molecule has 0 saturated carbocycles. The van der Waals surface area contributed by atoms with E-state index in [1.807, 2.05) is 0 Å². The van der Waals surface area contributed by atoms with Gasteiger partial charge in [0.2, 0.25) is 17.7 Å². The predicted molar refractivity (Wildman–Crippen MR) is 250 cm³/mol. The number of imide groups is 2. The van der Waals surface area contributed by atoms with Crippen LogP contribution in [0.15, 0.2) is 18.2 Å². The number of hydrogen-bond acceptors (Lipinski definition) is 19. The molecule has 4 rings (SSSR count). The van der Waals surface area contributed by atoms with Gasteiger partial charge in [0.25, 0.3) is 11.8 Å². The number of carbonyl (C=O) groups excluding carboxylic acids is 5. The Kier molecular flexibility index (Phi) is 32.9. The summed E-state index contributed by atoms with van der Waals surface area (Å²) in [6.45, 7) is 12.8. The number of amides is 5. The lowest BCUT2D eigenvalue weighted by molar-refractivity contribution is -0.169. The number of benzene rings is 1. The SMILES string of the molecule is O=C1CCC(N2C(=O)c3cccc(NC(=O)CCCCCOCCOCCOCCOCCOCCOCCOCCOCCOCCOCCOCCOCCOC4CCCCO4)c3C2=O)C(=O)N1. The van der Waals surface area contributed by atoms with E-state index in [0.29, 0.717) is 172 Å². The number of hydrogen-bond donors (Lipinski definition) is 2. The number of piperidine rings is 1. The number of rotatable bonds is 45. The maximum Gasteiger partial charge on any atom is 0.264 e. The van der Waals surface area contributed by atoms with Gasteiger partial charge in [-0.15, -0.1) is 0 Å². The molecule has 2 saturated heterocycles. The van der Waals surface area contributed by atoms with Crippen molar-refractivity contribution in [3.05, 3.63) is 29.3 Å². The van der Waals surface area contributed by atoms with E-state index < -0.39 is 29.7 Å². The lowest BCUT2D eigenvalue weighted by atomic mass is 10.0. The molecule has 3 aliphatic rings. The number of unbranched alkanes of at least 4 members (excludes halogenated alkanes) is 2. The highest BCUT2D eigenvalue weighted by Gasteiger charge is 2.45. The molecule has 1 aromatic carbocycles. The summed E-state index contributed by atoms with van der Waals surface area (Å²) in [6, 6.07) is 3.53. The Labute approximate surface area is 411 Å². The van der Waals surface area contributed by atoms with Gasteiger partial charge in [0.05, 0.1) is 175 Å². The second kappa shape index (κ2) is 39.0. The maximum absolute atomic E-state index is 13.2. The van der Waals surface area contributed by atoms with Crippen LogP contribution in [0, 0.1) is 0 Å². The van der Waals surface area contributed by atoms with Crippen LogP contribution >= 0.6 is 0 Å². The molecule has 2 unspecified atom stereocenters. The van der Waals surface area contributed by atoms with E-state index in [4.69, 9.17) is 66.3 Å². The van der Waals surface area contributed by atoms with Crippen molar-refractivity contribution in [3.63, 3.8) is 0 Å². The first kappa shape index (κ1) is 59.0. The average molecular weight is 1000 g/mol. The first-order valence-corrected chi connectivity index (χ1v) is 24.8. The smallest absolute Gasteiger partial charge is 0.264 e. The highest BCUT2D eigenvalue weighted by molar-refractivity contribution is 6.26. The standard InChI is InChI=1S/C48H77N3O19/c52-42(49-40-8-6-7-39-45(40)48(56)51(47(39)55)41-11-12-43(53)50-46(41)54)9-2-1-4-13-57-15-16-58-17-18-59-19-20-60-21-22-61-23-24-62-25-26-63-27-28-64-29-30-65-31-32-66-33-34-67-35-36-68-37-38-70-44-10-3-5-14-69-44/h6-8,41,44H,1-5,9-38H2,(H,49,52)(H,50,53,54). The molecule has 398 valence electrons. The number of carbonyl (C=O) groups is 5. The van der Waals surface area contributed by atoms with Crippen LogP contribution in [0.2, 0.25) is 0 Å². The molecule has 0 aromatic heterocycles.